The normalized spacial score (nSPS) is 12.1. The van der Waals surface area contributed by atoms with Crippen molar-refractivity contribution in [1.82, 2.24) is 5.32 Å². The minimum absolute atomic E-state index is 0.0409. The number of nitrogens with one attached hydrogen (secondary N) is 1. The number of furan rings is 1. The molecule has 0 aromatic carbocycles. The Labute approximate surface area is 91.9 Å². The van der Waals surface area contributed by atoms with Gasteiger partial charge in [0.2, 0.25) is 0 Å². The summed E-state index contributed by atoms with van der Waals surface area (Å²) < 4.78 is 5.04. The van der Waals surface area contributed by atoms with E-state index in [0.29, 0.717) is 5.76 Å². The van der Waals surface area contributed by atoms with Crippen LogP contribution in [-0.4, -0.2) is 34.7 Å². The van der Waals surface area contributed by atoms with Crippen molar-refractivity contribution < 1.29 is 24.2 Å². The third-order valence-corrected chi connectivity index (χ3v) is 1.99. The van der Waals surface area contributed by atoms with Crippen LogP contribution in [0.15, 0.2) is 16.5 Å². The Morgan fingerprint density at radius 3 is 2.62 bits per heavy atom. The van der Waals surface area contributed by atoms with Crippen LogP contribution in [0.3, 0.4) is 0 Å². The number of hydrogen-bond donors (Lipinski definition) is 3. The fraction of sp³-hybridized carbons (Fsp3) is 0.400. The number of amides is 1. The van der Waals surface area contributed by atoms with Gasteiger partial charge < -0.3 is 19.9 Å². The second kappa shape index (κ2) is 5.32. The van der Waals surface area contributed by atoms with Crippen LogP contribution >= 0.6 is 0 Å². The summed E-state index contributed by atoms with van der Waals surface area (Å²) in [6.07, 6.45) is -0.0409. The quantitative estimate of drug-likeness (QED) is 0.665. The third kappa shape index (κ3) is 3.09. The molecule has 1 rings (SSSR count). The van der Waals surface area contributed by atoms with Crippen molar-refractivity contribution in [3.8, 4) is 0 Å². The molecule has 3 N–H and O–H groups in total. The van der Waals surface area contributed by atoms with Crippen LogP contribution in [0.2, 0.25) is 0 Å². The lowest BCUT2D eigenvalue weighted by Gasteiger charge is -2.11. The first-order valence-corrected chi connectivity index (χ1v) is 4.75. The van der Waals surface area contributed by atoms with Gasteiger partial charge in [-0.1, -0.05) is 0 Å². The standard InChI is InChI=1S/C10H13NO5/c1-6-2-3-8(16-6)9(13)11-7(4-5-12)10(14)15/h2-3,7,12H,4-5H2,1H3,(H,11,13)(H,14,15)/t7-/m1/s1. The van der Waals surface area contributed by atoms with E-state index in [4.69, 9.17) is 14.6 Å². The summed E-state index contributed by atoms with van der Waals surface area (Å²) in [4.78, 5) is 22.2. The molecule has 6 heteroatoms. The molecule has 0 fully saturated rings. The van der Waals surface area contributed by atoms with E-state index in [-0.39, 0.29) is 18.8 Å². The maximum atomic E-state index is 11.5. The lowest BCUT2D eigenvalue weighted by Crippen LogP contribution is -2.41. The molecule has 0 unspecified atom stereocenters. The number of aryl methyl sites for hydroxylation is 1. The molecule has 0 aliphatic carbocycles. The van der Waals surface area contributed by atoms with Crippen molar-refractivity contribution in [3.63, 3.8) is 0 Å². The van der Waals surface area contributed by atoms with Crippen molar-refractivity contribution in [2.24, 2.45) is 0 Å². The number of hydrogen-bond acceptors (Lipinski definition) is 4. The molecule has 0 aliphatic heterocycles. The van der Waals surface area contributed by atoms with Gasteiger partial charge in [0.25, 0.3) is 5.91 Å². The Bertz CT molecular complexity index is 384. The lowest BCUT2D eigenvalue weighted by atomic mass is 10.2. The average molecular weight is 227 g/mol. The maximum absolute atomic E-state index is 11.5. The van der Waals surface area contributed by atoms with Gasteiger partial charge in [-0.25, -0.2) is 4.79 Å². The summed E-state index contributed by atoms with van der Waals surface area (Å²) in [5, 5.41) is 19.6. The van der Waals surface area contributed by atoms with E-state index in [2.05, 4.69) is 5.32 Å². The Balaban J connectivity index is 2.65. The second-order valence-corrected chi connectivity index (χ2v) is 3.29. The van der Waals surface area contributed by atoms with E-state index in [1.54, 1.807) is 13.0 Å². The minimum atomic E-state index is -1.19. The Morgan fingerprint density at radius 2 is 2.19 bits per heavy atom. The number of rotatable bonds is 5. The zero-order valence-corrected chi connectivity index (χ0v) is 8.77. The molecule has 6 nitrogen and oxygen atoms in total. The Kier molecular flexibility index (Phi) is 4.07. The molecule has 0 saturated heterocycles. The monoisotopic (exact) mass is 227 g/mol. The van der Waals surface area contributed by atoms with Crippen LogP contribution in [0, 0.1) is 6.92 Å². The number of carboxylic acids is 1. The average Bonchev–Trinajstić information content (AvgIpc) is 2.64. The van der Waals surface area contributed by atoms with Gasteiger partial charge in [-0.3, -0.25) is 4.79 Å². The highest BCUT2D eigenvalue weighted by atomic mass is 16.4. The smallest absolute Gasteiger partial charge is 0.326 e. The first-order chi connectivity index (χ1) is 7.54. The van der Waals surface area contributed by atoms with Crippen molar-refractivity contribution in [3.05, 3.63) is 23.7 Å². The van der Waals surface area contributed by atoms with Crippen molar-refractivity contribution >= 4 is 11.9 Å². The molecule has 1 atom stereocenters. The van der Waals surface area contributed by atoms with Crippen molar-refractivity contribution in [2.45, 2.75) is 19.4 Å². The van der Waals surface area contributed by atoms with Gasteiger partial charge in [0.15, 0.2) is 5.76 Å². The number of carbonyl (C=O) groups excluding carboxylic acids is 1. The predicted octanol–water partition coefficient (Wildman–Crippen LogP) is 0.153. The number of carboxylic acid groups (broad SMARTS) is 1. The van der Waals surface area contributed by atoms with Gasteiger partial charge in [-0.05, 0) is 19.1 Å². The van der Waals surface area contributed by atoms with E-state index in [0.717, 1.165) is 0 Å². The molecule has 0 bridgehead atoms. The highest BCUT2D eigenvalue weighted by Crippen LogP contribution is 2.06. The molecule has 16 heavy (non-hydrogen) atoms. The molecule has 0 radical (unpaired) electrons. The van der Waals surface area contributed by atoms with E-state index in [1.165, 1.54) is 6.07 Å². The summed E-state index contributed by atoms with van der Waals surface area (Å²) >= 11 is 0. The lowest BCUT2D eigenvalue weighted by molar-refractivity contribution is -0.139. The van der Waals surface area contributed by atoms with Gasteiger partial charge in [0, 0.05) is 13.0 Å². The third-order valence-electron chi connectivity index (χ3n) is 1.99. The summed E-state index contributed by atoms with van der Waals surface area (Å²) in [5.41, 5.74) is 0. The number of aliphatic hydroxyl groups is 1. The minimum Gasteiger partial charge on any atom is -0.480 e. The molecule has 1 aromatic rings. The van der Waals surface area contributed by atoms with Crippen LogP contribution in [0.25, 0.3) is 0 Å². The molecular formula is C10H13NO5. The predicted molar refractivity (Wildman–Crippen MR) is 54.0 cm³/mol. The molecule has 88 valence electrons. The topological polar surface area (TPSA) is 99.8 Å². The van der Waals surface area contributed by atoms with Gasteiger partial charge in [-0.2, -0.15) is 0 Å². The number of carbonyl (C=O) groups is 2. The Hall–Kier alpha value is -1.82. The molecule has 0 aliphatic rings. The SMILES string of the molecule is Cc1ccc(C(=O)N[C@H](CCO)C(=O)O)o1. The summed E-state index contributed by atoms with van der Waals surface area (Å²) in [5.74, 6) is -1.17. The molecule has 0 spiro atoms. The van der Waals surface area contributed by atoms with Gasteiger partial charge in [-0.15, -0.1) is 0 Å². The fourth-order valence-corrected chi connectivity index (χ4v) is 1.17. The molecule has 1 amide bonds. The van der Waals surface area contributed by atoms with Crippen LogP contribution in [0.1, 0.15) is 22.7 Å². The van der Waals surface area contributed by atoms with E-state index in [9.17, 15) is 9.59 Å². The van der Waals surface area contributed by atoms with Crippen molar-refractivity contribution in [1.29, 1.82) is 0 Å². The number of aliphatic carboxylic acids is 1. The second-order valence-electron chi connectivity index (χ2n) is 3.29. The maximum Gasteiger partial charge on any atom is 0.326 e. The summed E-state index contributed by atoms with van der Waals surface area (Å²) in [6.45, 7) is 1.37. The first kappa shape index (κ1) is 12.3. The summed E-state index contributed by atoms with van der Waals surface area (Å²) in [7, 11) is 0. The van der Waals surface area contributed by atoms with E-state index < -0.39 is 17.9 Å². The first-order valence-electron chi connectivity index (χ1n) is 4.75. The molecular weight excluding hydrogens is 214 g/mol. The van der Waals surface area contributed by atoms with Crippen molar-refractivity contribution in [2.75, 3.05) is 6.61 Å². The zero-order valence-electron chi connectivity index (χ0n) is 8.77. The van der Waals surface area contributed by atoms with Crippen LogP contribution in [-0.2, 0) is 4.79 Å². The van der Waals surface area contributed by atoms with Gasteiger partial charge in [0.05, 0.1) is 0 Å². The van der Waals surface area contributed by atoms with Crippen LogP contribution < -0.4 is 5.32 Å². The van der Waals surface area contributed by atoms with Crippen LogP contribution in [0.4, 0.5) is 0 Å². The number of aliphatic hydroxyl groups excluding tert-OH is 1. The van der Waals surface area contributed by atoms with Gasteiger partial charge >= 0.3 is 5.97 Å². The summed E-state index contributed by atoms with van der Waals surface area (Å²) in [6, 6.07) is 1.96. The molecule has 1 aromatic heterocycles. The van der Waals surface area contributed by atoms with E-state index >= 15 is 0 Å². The molecule has 1 heterocycles. The van der Waals surface area contributed by atoms with Crippen LogP contribution in [0.5, 0.6) is 0 Å². The largest absolute Gasteiger partial charge is 0.480 e. The zero-order chi connectivity index (χ0) is 12.1. The fourth-order valence-electron chi connectivity index (χ4n) is 1.17. The Morgan fingerprint density at radius 1 is 1.50 bits per heavy atom. The van der Waals surface area contributed by atoms with E-state index in [1.807, 2.05) is 0 Å². The highest BCUT2D eigenvalue weighted by molar-refractivity contribution is 5.94. The highest BCUT2D eigenvalue weighted by Gasteiger charge is 2.21. The molecule has 0 saturated carbocycles. The van der Waals surface area contributed by atoms with Gasteiger partial charge in [0.1, 0.15) is 11.8 Å².